The first-order valence-corrected chi connectivity index (χ1v) is 8.35. The summed E-state index contributed by atoms with van der Waals surface area (Å²) in [5.41, 5.74) is 9.32. The van der Waals surface area contributed by atoms with Crippen LogP contribution in [0.2, 0.25) is 0 Å². The van der Waals surface area contributed by atoms with E-state index in [1.807, 2.05) is 0 Å². The normalized spacial score (nSPS) is 16.4. The third-order valence-corrected chi connectivity index (χ3v) is 4.62. The lowest BCUT2D eigenvalue weighted by Crippen LogP contribution is -2.11. The summed E-state index contributed by atoms with van der Waals surface area (Å²) < 4.78 is 2.44. The zero-order chi connectivity index (χ0) is 14.8. The third-order valence-electron chi connectivity index (χ3n) is 4.62. The highest BCUT2D eigenvalue weighted by Gasteiger charge is 2.20. The van der Waals surface area contributed by atoms with Gasteiger partial charge in [-0.3, -0.25) is 0 Å². The summed E-state index contributed by atoms with van der Waals surface area (Å²) in [4.78, 5) is 4.95. The first-order valence-electron chi connectivity index (χ1n) is 8.35. The quantitative estimate of drug-likeness (QED) is 0.906. The zero-order valence-electron chi connectivity index (χ0n) is 13.3. The molecule has 0 aliphatic heterocycles. The Morgan fingerprint density at radius 2 is 2.05 bits per heavy atom. The molecule has 3 rings (SSSR count). The molecule has 0 saturated heterocycles. The van der Waals surface area contributed by atoms with Crippen molar-refractivity contribution >= 4 is 11.0 Å². The molecule has 3 nitrogen and oxygen atoms in total. The molecule has 1 saturated carbocycles. The molecule has 3 heteroatoms. The van der Waals surface area contributed by atoms with Crippen molar-refractivity contribution in [3.8, 4) is 0 Å². The molecule has 0 unspecified atom stereocenters. The molecule has 0 bridgehead atoms. The number of hydrogen-bond acceptors (Lipinski definition) is 2. The Morgan fingerprint density at radius 1 is 1.29 bits per heavy atom. The van der Waals surface area contributed by atoms with Gasteiger partial charge in [-0.2, -0.15) is 0 Å². The summed E-state index contributed by atoms with van der Waals surface area (Å²) in [6, 6.07) is 6.50. The van der Waals surface area contributed by atoms with Crippen molar-refractivity contribution in [1.29, 1.82) is 0 Å². The maximum Gasteiger partial charge on any atom is 0.110 e. The molecule has 0 atom stereocenters. The highest BCUT2D eigenvalue weighted by Crippen LogP contribution is 2.29. The van der Waals surface area contributed by atoms with Gasteiger partial charge in [-0.05, 0) is 29.5 Å². The van der Waals surface area contributed by atoms with Gasteiger partial charge in [0.15, 0.2) is 0 Å². The van der Waals surface area contributed by atoms with Gasteiger partial charge in [0.2, 0.25) is 0 Å². The van der Waals surface area contributed by atoms with E-state index in [9.17, 15) is 0 Å². The minimum Gasteiger partial charge on any atom is -0.328 e. The van der Waals surface area contributed by atoms with Crippen LogP contribution in [0.4, 0.5) is 0 Å². The maximum atomic E-state index is 5.76. The lowest BCUT2D eigenvalue weighted by molar-refractivity contribution is 0.477. The standard InChI is InChI=1S/C18H27N3/c1-13(2)12-21-17-8-7-15(11-19)9-16(17)20-18(21)10-14-5-3-4-6-14/h7-9,13-14H,3-6,10-12,19H2,1-2H3. The van der Waals surface area contributed by atoms with E-state index in [-0.39, 0.29) is 0 Å². The number of aromatic nitrogens is 2. The number of benzene rings is 1. The van der Waals surface area contributed by atoms with Crippen LogP contribution in [0, 0.1) is 11.8 Å². The largest absolute Gasteiger partial charge is 0.328 e. The fourth-order valence-electron chi connectivity index (χ4n) is 3.55. The summed E-state index contributed by atoms with van der Waals surface area (Å²) in [5.74, 6) is 2.75. The molecule has 1 fully saturated rings. The van der Waals surface area contributed by atoms with Crippen LogP contribution < -0.4 is 5.73 Å². The second-order valence-electron chi connectivity index (χ2n) is 6.91. The summed E-state index contributed by atoms with van der Waals surface area (Å²) >= 11 is 0. The lowest BCUT2D eigenvalue weighted by atomic mass is 10.0. The van der Waals surface area contributed by atoms with E-state index in [0.29, 0.717) is 12.5 Å². The fraction of sp³-hybridized carbons (Fsp3) is 0.611. The molecule has 21 heavy (non-hydrogen) atoms. The van der Waals surface area contributed by atoms with Crippen molar-refractivity contribution in [2.24, 2.45) is 17.6 Å². The van der Waals surface area contributed by atoms with E-state index in [2.05, 4.69) is 36.6 Å². The van der Waals surface area contributed by atoms with Crippen molar-refractivity contribution in [2.75, 3.05) is 0 Å². The third kappa shape index (κ3) is 3.13. The van der Waals surface area contributed by atoms with Crippen molar-refractivity contribution in [1.82, 2.24) is 9.55 Å². The van der Waals surface area contributed by atoms with E-state index >= 15 is 0 Å². The molecule has 1 aromatic carbocycles. The molecular weight excluding hydrogens is 258 g/mol. The lowest BCUT2D eigenvalue weighted by Gasteiger charge is -2.14. The van der Waals surface area contributed by atoms with Crippen LogP contribution in [0.15, 0.2) is 18.2 Å². The molecule has 2 aromatic rings. The Balaban J connectivity index is 1.98. The molecule has 2 N–H and O–H groups in total. The van der Waals surface area contributed by atoms with E-state index in [0.717, 1.165) is 24.4 Å². The van der Waals surface area contributed by atoms with Gasteiger partial charge < -0.3 is 10.3 Å². The number of nitrogens with two attached hydrogens (primary N) is 1. The van der Waals surface area contributed by atoms with Gasteiger partial charge in [-0.25, -0.2) is 4.98 Å². The molecule has 1 heterocycles. The van der Waals surface area contributed by atoms with E-state index in [1.165, 1.54) is 42.6 Å². The van der Waals surface area contributed by atoms with Crippen molar-refractivity contribution in [3.63, 3.8) is 0 Å². The molecule has 1 aliphatic rings. The average Bonchev–Trinajstić information content (AvgIpc) is 3.07. The maximum absolute atomic E-state index is 5.76. The van der Waals surface area contributed by atoms with Crippen LogP contribution in [0.3, 0.4) is 0 Å². The number of hydrogen-bond donors (Lipinski definition) is 1. The smallest absolute Gasteiger partial charge is 0.110 e. The van der Waals surface area contributed by atoms with Crippen molar-refractivity contribution in [2.45, 2.75) is 59.0 Å². The number of nitrogens with zero attached hydrogens (tertiary/aromatic N) is 2. The minimum atomic E-state index is 0.588. The Bertz CT molecular complexity index is 606. The van der Waals surface area contributed by atoms with Crippen LogP contribution >= 0.6 is 0 Å². The predicted octanol–water partition coefficient (Wildman–Crippen LogP) is 3.88. The van der Waals surface area contributed by atoms with Gasteiger partial charge in [0.25, 0.3) is 0 Å². The summed E-state index contributed by atoms with van der Waals surface area (Å²) in [6.07, 6.45) is 6.68. The second kappa shape index (κ2) is 6.18. The Kier molecular flexibility index (Phi) is 4.29. The molecule has 0 radical (unpaired) electrons. The molecular formula is C18H27N3. The molecule has 1 aliphatic carbocycles. The van der Waals surface area contributed by atoms with Crippen LogP contribution in [-0.2, 0) is 19.5 Å². The second-order valence-corrected chi connectivity index (χ2v) is 6.91. The Morgan fingerprint density at radius 3 is 2.71 bits per heavy atom. The zero-order valence-corrected chi connectivity index (χ0v) is 13.3. The van der Waals surface area contributed by atoms with Crippen LogP contribution in [0.1, 0.15) is 50.9 Å². The number of imidazole rings is 1. The van der Waals surface area contributed by atoms with Gasteiger partial charge >= 0.3 is 0 Å². The highest BCUT2D eigenvalue weighted by atomic mass is 15.1. The SMILES string of the molecule is CC(C)Cn1c(CC2CCCC2)nc2cc(CN)ccc21. The summed E-state index contributed by atoms with van der Waals surface area (Å²) in [6.45, 7) is 6.20. The van der Waals surface area contributed by atoms with Crippen LogP contribution in [0.5, 0.6) is 0 Å². The molecule has 114 valence electrons. The summed E-state index contributed by atoms with van der Waals surface area (Å²) in [7, 11) is 0. The van der Waals surface area contributed by atoms with Crippen LogP contribution in [0.25, 0.3) is 11.0 Å². The van der Waals surface area contributed by atoms with Gasteiger partial charge in [-0.1, -0.05) is 45.6 Å². The van der Waals surface area contributed by atoms with E-state index in [4.69, 9.17) is 10.7 Å². The predicted molar refractivity (Wildman–Crippen MR) is 88.1 cm³/mol. The molecule has 0 spiro atoms. The Labute approximate surface area is 127 Å². The van der Waals surface area contributed by atoms with Crippen molar-refractivity contribution in [3.05, 3.63) is 29.6 Å². The van der Waals surface area contributed by atoms with Gasteiger partial charge in [0, 0.05) is 19.5 Å². The van der Waals surface area contributed by atoms with Gasteiger partial charge in [0.1, 0.15) is 5.82 Å². The van der Waals surface area contributed by atoms with Crippen molar-refractivity contribution < 1.29 is 0 Å². The van der Waals surface area contributed by atoms with E-state index in [1.54, 1.807) is 0 Å². The minimum absolute atomic E-state index is 0.588. The Hall–Kier alpha value is -1.35. The van der Waals surface area contributed by atoms with Gasteiger partial charge in [-0.15, -0.1) is 0 Å². The molecule has 0 amide bonds. The highest BCUT2D eigenvalue weighted by molar-refractivity contribution is 5.77. The fourth-order valence-corrected chi connectivity index (χ4v) is 3.55. The molecule has 1 aromatic heterocycles. The van der Waals surface area contributed by atoms with Gasteiger partial charge in [0.05, 0.1) is 11.0 Å². The van der Waals surface area contributed by atoms with Crippen LogP contribution in [-0.4, -0.2) is 9.55 Å². The van der Waals surface area contributed by atoms with E-state index < -0.39 is 0 Å². The average molecular weight is 285 g/mol. The first-order chi connectivity index (χ1) is 10.2. The number of rotatable bonds is 5. The number of fused-ring (bicyclic) bond motifs is 1. The summed E-state index contributed by atoms with van der Waals surface area (Å²) in [5, 5.41) is 0. The monoisotopic (exact) mass is 285 g/mol. The topological polar surface area (TPSA) is 43.8 Å². The first kappa shape index (κ1) is 14.6.